The first-order valence-corrected chi connectivity index (χ1v) is 8.84. The number of alkyl halides is 1. The zero-order valence-electron chi connectivity index (χ0n) is 11.3. The van der Waals surface area contributed by atoms with Crippen molar-refractivity contribution in [1.82, 2.24) is 0 Å². The van der Waals surface area contributed by atoms with Gasteiger partial charge in [0.15, 0.2) is 0 Å². The van der Waals surface area contributed by atoms with Gasteiger partial charge in [-0.1, -0.05) is 95.9 Å². The molecule has 1 rings (SSSR count). The summed E-state index contributed by atoms with van der Waals surface area (Å²) in [6.07, 6.45) is 10.9. The molecule has 1 aromatic carbocycles. The second-order valence-corrected chi connectivity index (χ2v) is 6.95. The molecule has 18 heavy (non-hydrogen) atoms. The minimum atomic E-state index is 0.515. The Morgan fingerprint density at radius 2 is 1.44 bits per heavy atom. The number of hydrogen-bond donors (Lipinski definition) is 0. The van der Waals surface area contributed by atoms with E-state index in [4.69, 9.17) is 0 Å². The number of rotatable bonds is 9. The maximum absolute atomic E-state index is 3.79. The number of halogens is 2. The minimum Gasteiger partial charge on any atom is -0.0839 e. The molecule has 0 radical (unpaired) electrons. The SMILES string of the molecule is CCCCCCCCCC(Br)c1ccc(Br)cc1. The molecule has 0 N–H and O–H groups in total. The summed E-state index contributed by atoms with van der Waals surface area (Å²) in [5.74, 6) is 0. The highest BCUT2D eigenvalue weighted by molar-refractivity contribution is 9.10. The van der Waals surface area contributed by atoms with Gasteiger partial charge in [0, 0.05) is 9.30 Å². The molecule has 1 aromatic rings. The summed E-state index contributed by atoms with van der Waals surface area (Å²) in [7, 11) is 0. The molecular formula is C16H24Br2. The molecule has 0 bridgehead atoms. The van der Waals surface area contributed by atoms with Gasteiger partial charge in [-0.3, -0.25) is 0 Å². The molecule has 0 nitrogen and oxygen atoms in total. The van der Waals surface area contributed by atoms with E-state index in [2.05, 4.69) is 63.0 Å². The largest absolute Gasteiger partial charge is 0.0839 e. The lowest BCUT2D eigenvalue weighted by molar-refractivity contribution is 0.574. The van der Waals surface area contributed by atoms with Crippen LogP contribution in [0.1, 0.15) is 68.7 Å². The molecule has 0 saturated heterocycles. The number of benzene rings is 1. The summed E-state index contributed by atoms with van der Waals surface area (Å²) >= 11 is 7.26. The molecule has 0 aliphatic heterocycles. The lowest BCUT2D eigenvalue weighted by Crippen LogP contribution is -1.90. The van der Waals surface area contributed by atoms with Crippen molar-refractivity contribution >= 4 is 31.9 Å². The van der Waals surface area contributed by atoms with Crippen molar-refractivity contribution in [2.24, 2.45) is 0 Å². The van der Waals surface area contributed by atoms with Crippen molar-refractivity contribution < 1.29 is 0 Å². The lowest BCUT2D eigenvalue weighted by atomic mass is 10.0. The van der Waals surface area contributed by atoms with Crippen LogP contribution >= 0.6 is 31.9 Å². The molecular weight excluding hydrogens is 352 g/mol. The lowest BCUT2D eigenvalue weighted by Gasteiger charge is -2.10. The molecule has 0 amide bonds. The number of unbranched alkanes of at least 4 members (excludes halogenated alkanes) is 6. The molecule has 0 spiro atoms. The fourth-order valence-corrected chi connectivity index (χ4v) is 3.01. The van der Waals surface area contributed by atoms with Gasteiger partial charge in [0.2, 0.25) is 0 Å². The normalized spacial score (nSPS) is 12.6. The second-order valence-electron chi connectivity index (χ2n) is 4.93. The Balaban J connectivity index is 2.10. The standard InChI is InChI=1S/C16H24Br2/c1-2-3-4-5-6-7-8-9-16(18)14-10-12-15(17)13-11-14/h10-13,16H,2-9H2,1H3. The Morgan fingerprint density at radius 3 is 2.06 bits per heavy atom. The van der Waals surface area contributed by atoms with Crippen LogP contribution in [0.15, 0.2) is 28.7 Å². The third-order valence-corrected chi connectivity index (χ3v) is 4.81. The first-order chi connectivity index (χ1) is 8.74. The Kier molecular flexibility index (Phi) is 9.04. The van der Waals surface area contributed by atoms with Crippen molar-refractivity contribution in [3.8, 4) is 0 Å². The zero-order valence-corrected chi connectivity index (χ0v) is 14.5. The first-order valence-electron chi connectivity index (χ1n) is 7.13. The third-order valence-electron chi connectivity index (χ3n) is 3.29. The summed E-state index contributed by atoms with van der Waals surface area (Å²) in [6, 6.07) is 8.64. The van der Waals surface area contributed by atoms with Gasteiger partial charge in [-0.2, -0.15) is 0 Å². The molecule has 0 aliphatic carbocycles. The fourth-order valence-electron chi connectivity index (χ4n) is 2.12. The predicted molar refractivity (Wildman–Crippen MR) is 88.4 cm³/mol. The topological polar surface area (TPSA) is 0 Å². The van der Waals surface area contributed by atoms with Crippen LogP contribution in [0, 0.1) is 0 Å². The van der Waals surface area contributed by atoms with Gasteiger partial charge >= 0.3 is 0 Å². The molecule has 0 saturated carbocycles. The Bertz CT molecular complexity index is 305. The van der Waals surface area contributed by atoms with Crippen LogP contribution < -0.4 is 0 Å². The molecule has 2 heteroatoms. The van der Waals surface area contributed by atoms with E-state index >= 15 is 0 Å². The maximum Gasteiger partial charge on any atom is 0.0395 e. The van der Waals surface area contributed by atoms with Crippen molar-refractivity contribution in [1.29, 1.82) is 0 Å². The summed E-state index contributed by atoms with van der Waals surface area (Å²) in [5, 5.41) is 0. The van der Waals surface area contributed by atoms with Crippen LogP contribution in [0.5, 0.6) is 0 Å². The molecule has 0 aliphatic rings. The van der Waals surface area contributed by atoms with Crippen LogP contribution in [0.25, 0.3) is 0 Å². The van der Waals surface area contributed by atoms with E-state index in [9.17, 15) is 0 Å². The van der Waals surface area contributed by atoms with Crippen LogP contribution in [-0.4, -0.2) is 0 Å². The van der Waals surface area contributed by atoms with Crippen molar-refractivity contribution in [3.63, 3.8) is 0 Å². The summed E-state index contributed by atoms with van der Waals surface area (Å²) < 4.78 is 1.15. The van der Waals surface area contributed by atoms with Gasteiger partial charge in [0.25, 0.3) is 0 Å². The Morgan fingerprint density at radius 1 is 0.889 bits per heavy atom. The first kappa shape index (κ1) is 16.2. The quantitative estimate of drug-likeness (QED) is 0.321. The van der Waals surface area contributed by atoms with Crippen LogP contribution in [0.4, 0.5) is 0 Å². The van der Waals surface area contributed by atoms with E-state index in [1.807, 2.05) is 0 Å². The van der Waals surface area contributed by atoms with E-state index in [1.54, 1.807) is 0 Å². The molecule has 0 fully saturated rings. The molecule has 0 aromatic heterocycles. The van der Waals surface area contributed by atoms with Gasteiger partial charge < -0.3 is 0 Å². The fraction of sp³-hybridized carbons (Fsp3) is 0.625. The minimum absolute atomic E-state index is 0.515. The van der Waals surface area contributed by atoms with Crippen LogP contribution in [0.3, 0.4) is 0 Å². The van der Waals surface area contributed by atoms with Gasteiger partial charge in [0.1, 0.15) is 0 Å². The molecule has 1 atom stereocenters. The van der Waals surface area contributed by atoms with E-state index in [1.165, 1.54) is 56.9 Å². The average Bonchev–Trinajstić information content (AvgIpc) is 2.38. The average molecular weight is 376 g/mol. The van der Waals surface area contributed by atoms with Gasteiger partial charge in [-0.25, -0.2) is 0 Å². The highest BCUT2D eigenvalue weighted by Crippen LogP contribution is 2.29. The van der Waals surface area contributed by atoms with Gasteiger partial charge in [-0.15, -0.1) is 0 Å². The molecule has 1 unspecified atom stereocenters. The highest BCUT2D eigenvalue weighted by atomic mass is 79.9. The summed E-state index contributed by atoms with van der Waals surface area (Å²) in [4.78, 5) is 0.515. The molecule has 102 valence electrons. The summed E-state index contributed by atoms with van der Waals surface area (Å²) in [5.41, 5.74) is 1.39. The maximum atomic E-state index is 3.79. The molecule has 0 heterocycles. The Hall–Kier alpha value is 0.180. The van der Waals surface area contributed by atoms with Crippen LogP contribution in [-0.2, 0) is 0 Å². The monoisotopic (exact) mass is 374 g/mol. The predicted octanol–water partition coefficient (Wildman–Crippen LogP) is 7.03. The van der Waals surface area contributed by atoms with Gasteiger partial charge in [0.05, 0.1) is 0 Å². The van der Waals surface area contributed by atoms with E-state index in [0.29, 0.717) is 4.83 Å². The van der Waals surface area contributed by atoms with E-state index in [-0.39, 0.29) is 0 Å². The zero-order chi connectivity index (χ0) is 13.2. The van der Waals surface area contributed by atoms with Crippen molar-refractivity contribution in [2.75, 3.05) is 0 Å². The highest BCUT2D eigenvalue weighted by Gasteiger charge is 2.06. The number of hydrogen-bond acceptors (Lipinski definition) is 0. The van der Waals surface area contributed by atoms with Gasteiger partial charge in [-0.05, 0) is 24.1 Å². The van der Waals surface area contributed by atoms with Crippen molar-refractivity contribution in [3.05, 3.63) is 34.3 Å². The third kappa shape index (κ3) is 6.94. The second kappa shape index (κ2) is 10.0. The van der Waals surface area contributed by atoms with E-state index in [0.717, 1.165) is 4.47 Å². The smallest absolute Gasteiger partial charge is 0.0395 e. The van der Waals surface area contributed by atoms with E-state index < -0.39 is 0 Å². The van der Waals surface area contributed by atoms with Crippen LogP contribution in [0.2, 0.25) is 0 Å². The van der Waals surface area contributed by atoms with Crippen molar-refractivity contribution in [2.45, 2.75) is 63.1 Å². The summed E-state index contributed by atoms with van der Waals surface area (Å²) in [6.45, 7) is 2.27. The Labute approximate surface area is 129 Å².